The lowest BCUT2D eigenvalue weighted by Gasteiger charge is -2.06. The first-order chi connectivity index (χ1) is 12.5. The maximum atomic E-state index is 11.7. The molecule has 0 heterocycles. The van der Waals surface area contributed by atoms with Gasteiger partial charge in [-0.1, -0.05) is 24.3 Å². The first kappa shape index (κ1) is 18.6. The van der Waals surface area contributed by atoms with Crippen molar-refractivity contribution < 1.29 is 24.0 Å². The van der Waals surface area contributed by atoms with Crippen molar-refractivity contribution in [1.29, 1.82) is 0 Å². The first-order valence-corrected chi connectivity index (χ1v) is 7.43. The number of esters is 1. The molecule has 0 fully saturated rings. The molecule has 0 bridgehead atoms. The van der Waals surface area contributed by atoms with E-state index < -0.39 is 23.4 Å². The Hall–Kier alpha value is -3.75. The summed E-state index contributed by atoms with van der Waals surface area (Å²) >= 11 is 0. The number of nitrogens with one attached hydrogen (secondary N) is 1. The number of carbonyl (C=O) groups excluding carboxylic acids is 2. The molecule has 2 rings (SSSR count). The highest BCUT2D eigenvalue weighted by atomic mass is 16.6. The SMILES string of the molecule is CC(=O)Oc1ccccc1/C=N/NC(=O)COc1ccccc1[N+](=O)[O-]. The minimum absolute atomic E-state index is 0.0168. The lowest BCUT2D eigenvalue weighted by atomic mass is 10.2. The minimum atomic E-state index is -0.607. The van der Waals surface area contributed by atoms with Gasteiger partial charge in [0.15, 0.2) is 12.4 Å². The third-order valence-corrected chi connectivity index (χ3v) is 2.99. The number of para-hydroxylation sites is 3. The molecule has 1 amide bonds. The van der Waals surface area contributed by atoms with E-state index >= 15 is 0 Å². The van der Waals surface area contributed by atoms with E-state index in [0.717, 1.165) is 0 Å². The lowest BCUT2D eigenvalue weighted by molar-refractivity contribution is -0.385. The monoisotopic (exact) mass is 357 g/mol. The molecule has 0 atom stereocenters. The summed E-state index contributed by atoms with van der Waals surface area (Å²) in [5.74, 6) is -0.803. The smallest absolute Gasteiger partial charge is 0.310 e. The summed E-state index contributed by atoms with van der Waals surface area (Å²) in [6.45, 7) is 0.823. The van der Waals surface area contributed by atoms with Crippen molar-refractivity contribution in [3.8, 4) is 11.5 Å². The van der Waals surface area contributed by atoms with Crippen molar-refractivity contribution in [3.05, 3.63) is 64.2 Å². The molecule has 0 aromatic heterocycles. The number of amides is 1. The molecule has 0 aliphatic heterocycles. The second-order valence-corrected chi connectivity index (χ2v) is 4.94. The van der Waals surface area contributed by atoms with Crippen LogP contribution in [0.15, 0.2) is 53.6 Å². The van der Waals surface area contributed by atoms with E-state index in [1.54, 1.807) is 30.3 Å². The Bertz CT molecular complexity index is 850. The summed E-state index contributed by atoms with van der Waals surface area (Å²) in [6, 6.07) is 12.4. The fourth-order valence-corrected chi connectivity index (χ4v) is 1.91. The molecule has 9 nitrogen and oxygen atoms in total. The minimum Gasteiger partial charge on any atom is -0.477 e. The summed E-state index contributed by atoms with van der Waals surface area (Å²) in [4.78, 5) is 33.1. The Morgan fingerprint density at radius 2 is 1.81 bits per heavy atom. The molecule has 9 heteroatoms. The van der Waals surface area contributed by atoms with Gasteiger partial charge in [-0.05, 0) is 18.2 Å². The number of nitrogens with zero attached hydrogens (tertiary/aromatic N) is 2. The fourth-order valence-electron chi connectivity index (χ4n) is 1.91. The number of benzene rings is 2. The summed E-state index contributed by atoms with van der Waals surface area (Å²) in [7, 11) is 0. The van der Waals surface area contributed by atoms with Crippen molar-refractivity contribution >= 4 is 23.8 Å². The quantitative estimate of drug-likeness (QED) is 0.266. The number of rotatable bonds is 7. The van der Waals surface area contributed by atoms with Crippen molar-refractivity contribution in [3.63, 3.8) is 0 Å². The molecular formula is C17H15N3O6. The van der Waals surface area contributed by atoms with Gasteiger partial charge >= 0.3 is 11.7 Å². The fraction of sp³-hybridized carbons (Fsp3) is 0.118. The summed E-state index contributed by atoms with van der Waals surface area (Å²) in [6.07, 6.45) is 1.31. The van der Waals surface area contributed by atoms with Crippen LogP contribution in [0.2, 0.25) is 0 Å². The summed E-state index contributed by atoms with van der Waals surface area (Å²) < 4.78 is 10.2. The van der Waals surface area contributed by atoms with Crippen LogP contribution in [0.4, 0.5) is 5.69 Å². The van der Waals surface area contributed by atoms with Crippen LogP contribution < -0.4 is 14.9 Å². The van der Waals surface area contributed by atoms with Crippen LogP contribution in [0.5, 0.6) is 11.5 Å². The van der Waals surface area contributed by atoms with Crippen LogP contribution in [-0.2, 0) is 9.59 Å². The van der Waals surface area contributed by atoms with Crippen molar-refractivity contribution in [1.82, 2.24) is 5.43 Å². The normalized spacial score (nSPS) is 10.3. The van der Waals surface area contributed by atoms with Crippen LogP contribution in [-0.4, -0.2) is 29.6 Å². The topological polar surface area (TPSA) is 120 Å². The highest BCUT2D eigenvalue weighted by Crippen LogP contribution is 2.25. The maximum absolute atomic E-state index is 11.7. The van der Waals surface area contributed by atoms with E-state index in [2.05, 4.69) is 10.5 Å². The van der Waals surface area contributed by atoms with E-state index in [1.807, 2.05) is 0 Å². The summed E-state index contributed by atoms with van der Waals surface area (Å²) in [5.41, 5.74) is 2.48. The Kier molecular flexibility index (Phi) is 6.38. The first-order valence-electron chi connectivity index (χ1n) is 7.43. The van der Waals surface area contributed by atoms with Gasteiger partial charge in [0, 0.05) is 18.6 Å². The average molecular weight is 357 g/mol. The molecule has 2 aromatic rings. The van der Waals surface area contributed by atoms with Gasteiger partial charge in [0.05, 0.1) is 11.1 Å². The Balaban J connectivity index is 1.93. The second-order valence-electron chi connectivity index (χ2n) is 4.94. The zero-order valence-corrected chi connectivity index (χ0v) is 13.7. The molecule has 26 heavy (non-hydrogen) atoms. The second kappa shape index (κ2) is 8.92. The van der Waals surface area contributed by atoms with Gasteiger partial charge in [0.1, 0.15) is 5.75 Å². The maximum Gasteiger partial charge on any atom is 0.310 e. The number of carbonyl (C=O) groups is 2. The van der Waals surface area contributed by atoms with Gasteiger partial charge in [-0.3, -0.25) is 19.7 Å². The number of nitro groups is 1. The molecule has 2 aromatic carbocycles. The molecule has 0 aliphatic carbocycles. The van der Waals surface area contributed by atoms with E-state index in [1.165, 1.54) is 31.3 Å². The van der Waals surface area contributed by atoms with Crippen LogP contribution in [0.3, 0.4) is 0 Å². The van der Waals surface area contributed by atoms with Crippen LogP contribution in [0, 0.1) is 10.1 Å². The van der Waals surface area contributed by atoms with Crippen LogP contribution >= 0.6 is 0 Å². The van der Waals surface area contributed by atoms with Crippen molar-refractivity contribution in [2.75, 3.05) is 6.61 Å². The number of ether oxygens (including phenoxy) is 2. The summed E-state index contributed by atoms with van der Waals surface area (Å²) in [5, 5.41) is 14.6. The molecule has 0 unspecified atom stereocenters. The lowest BCUT2D eigenvalue weighted by Crippen LogP contribution is -2.24. The molecule has 0 saturated heterocycles. The molecular weight excluding hydrogens is 342 g/mol. The van der Waals surface area contributed by atoms with Gasteiger partial charge in [-0.15, -0.1) is 0 Å². The predicted molar refractivity (Wildman–Crippen MR) is 92.1 cm³/mol. The molecule has 134 valence electrons. The van der Waals surface area contributed by atoms with Crippen molar-refractivity contribution in [2.45, 2.75) is 6.92 Å². The Morgan fingerprint density at radius 3 is 2.50 bits per heavy atom. The average Bonchev–Trinajstić information content (AvgIpc) is 2.61. The standard InChI is InChI=1S/C17H15N3O6/c1-12(21)26-15-8-4-2-6-13(15)10-18-19-17(22)11-25-16-9-5-3-7-14(16)20(23)24/h2-10H,11H2,1H3,(H,19,22)/b18-10+. The van der Waals surface area contributed by atoms with E-state index in [-0.39, 0.29) is 11.4 Å². The molecule has 0 aliphatic rings. The Labute approximate surface area is 148 Å². The van der Waals surface area contributed by atoms with Crippen LogP contribution in [0.25, 0.3) is 0 Å². The zero-order chi connectivity index (χ0) is 18.9. The largest absolute Gasteiger partial charge is 0.477 e. The van der Waals surface area contributed by atoms with Gasteiger partial charge in [-0.2, -0.15) is 5.10 Å². The number of nitro benzene ring substituents is 1. The molecule has 1 N–H and O–H groups in total. The van der Waals surface area contributed by atoms with Gasteiger partial charge in [-0.25, -0.2) is 5.43 Å². The molecule has 0 saturated carbocycles. The predicted octanol–water partition coefficient (Wildman–Crippen LogP) is 2.05. The highest BCUT2D eigenvalue weighted by Gasteiger charge is 2.14. The van der Waals surface area contributed by atoms with E-state index in [4.69, 9.17) is 9.47 Å². The molecule has 0 radical (unpaired) electrons. The Morgan fingerprint density at radius 1 is 1.15 bits per heavy atom. The van der Waals surface area contributed by atoms with Gasteiger partial charge in [0.25, 0.3) is 5.91 Å². The van der Waals surface area contributed by atoms with E-state index in [0.29, 0.717) is 11.3 Å². The van der Waals surface area contributed by atoms with Crippen LogP contribution in [0.1, 0.15) is 12.5 Å². The van der Waals surface area contributed by atoms with Crippen molar-refractivity contribution in [2.24, 2.45) is 5.10 Å². The van der Waals surface area contributed by atoms with E-state index in [9.17, 15) is 19.7 Å². The number of hydrogen-bond donors (Lipinski definition) is 1. The third kappa shape index (κ3) is 5.41. The third-order valence-electron chi connectivity index (χ3n) is 2.99. The molecule has 0 spiro atoms. The van der Waals surface area contributed by atoms with Gasteiger partial charge in [0.2, 0.25) is 0 Å². The number of hydrazone groups is 1. The number of hydrogen-bond acceptors (Lipinski definition) is 7. The van der Waals surface area contributed by atoms with Gasteiger partial charge < -0.3 is 9.47 Å². The zero-order valence-electron chi connectivity index (χ0n) is 13.7. The highest BCUT2D eigenvalue weighted by molar-refractivity contribution is 5.86.